The summed E-state index contributed by atoms with van der Waals surface area (Å²) >= 11 is 1.22. The second kappa shape index (κ2) is 7.44. The summed E-state index contributed by atoms with van der Waals surface area (Å²) in [6.07, 6.45) is -0.462. The Morgan fingerprint density at radius 1 is 1.15 bits per heavy atom. The second-order valence-electron chi connectivity index (χ2n) is 6.30. The average Bonchev–Trinajstić information content (AvgIpc) is 3.16. The molecule has 1 atom stereocenters. The van der Waals surface area contributed by atoms with E-state index in [-0.39, 0.29) is 11.5 Å². The predicted octanol–water partition coefficient (Wildman–Crippen LogP) is 4.17. The Kier molecular flexibility index (Phi) is 4.85. The molecule has 0 amide bonds. The first kappa shape index (κ1) is 17.6. The first-order valence-electron chi connectivity index (χ1n) is 8.55. The van der Waals surface area contributed by atoms with Crippen LogP contribution in [0.3, 0.4) is 0 Å². The molecule has 138 valence electrons. The lowest BCUT2D eigenvalue weighted by molar-refractivity contribution is 0.0686. The van der Waals surface area contributed by atoms with Crippen LogP contribution in [0.15, 0.2) is 52.1 Å². The normalized spacial score (nSPS) is 15.6. The maximum absolute atomic E-state index is 12.5. The van der Waals surface area contributed by atoms with Crippen LogP contribution in [-0.2, 0) is 0 Å². The Bertz CT molecular complexity index is 986. The number of hydrogen-bond donors (Lipinski definition) is 0. The summed E-state index contributed by atoms with van der Waals surface area (Å²) < 4.78 is 17.2. The molecule has 0 spiro atoms. The number of hydrogen-bond acceptors (Lipinski definition) is 7. The van der Waals surface area contributed by atoms with Crippen LogP contribution in [0.25, 0.3) is 0 Å². The number of carbonyl (C=O) groups is 1. The highest BCUT2D eigenvalue weighted by Crippen LogP contribution is 2.36. The number of ether oxygens (including phenoxy) is 2. The van der Waals surface area contributed by atoms with Crippen LogP contribution in [0, 0.1) is 13.8 Å². The van der Waals surface area contributed by atoms with Gasteiger partial charge in [0, 0.05) is 5.56 Å². The Morgan fingerprint density at radius 2 is 1.96 bits per heavy atom. The number of benzene rings is 2. The predicted molar refractivity (Wildman–Crippen MR) is 101 cm³/mol. The van der Waals surface area contributed by atoms with Crippen LogP contribution in [0.2, 0.25) is 0 Å². The van der Waals surface area contributed by atoms with Crippen molar-refractivity contribution in [2.75, 3.05) is 12.4 Å². The third kappa shape index (κ3) is 3.83. The molecule has 1 aliphatic rings. The first-order chi connectivity index (χ1) is 13.1. The van der Waals surface area contributed by atoms with Gasteiger partial charge in [-0.2, -0.15) is 0 Å². The summed E-state index contributed by atoms with van der Waals surface area (Å²) in [5.74, 6) is 1.95. The lowest BCUT2D eigenvalue weighted by atomic mass is 10.0. The van der Waals surface area contributed by atoms with Crippen molar-refractivity contribution in [3.8, 4) is 11.5 Å². The van der Waals surface area contributed by atoms with E-state index < -0.39 is 6.10 Å². The summed E-state index contributed by atoms with van der Waals surface area (Å²) in [4.78, 5) is 12.5. The summed E-state index contributed by atoms with van der Waals surface area (Å²) in [6.45, 7) is 4.20. The molecule has 0 N–H and O–H groups in total. The molecule has 1 aliphatic heterocycles. The number of para-hydroxylation sites is 2. The highest BCUT2D eigenvalue weighted by Gasteiger charge is 2.27. The highest BCUT2D eigenvalue weighted by molar-refractivity contribution is 7.99. The van der Waals surface area contributed by atoms with Crippen molar-refractivity contribution in [1.29, 1.82) is 0 Å². The number of aryl methyl sites for hydroxylation is 2. The largest absolute Gasteiger partial charge is 0.485 e. The number of nitrogens with zero attached hydrogens (tertiary/aromatic N) is 2. The number of fused-ring (bicyclic) bond motifs is 1. The Balaban J connectivity index is 1.40. The minimum Gasteiger partial charge on any atom is -0.485 e. The zero-order chi connectivity index (χ0) is 18.8. The van der Waals surface area contributed by atoms with E-state index in [0.717, 1.165) is 16.7 Å². The van der Waals surface area contributed by atoms with Crippen molar-refractivity contribution in [1.82, 2.24) is 10.2 Å². The van der Waals surface area contributed by atoms with Crippen LogP contribution in [0.1, 0.15) is 33.5 Å². The van der Waals surface area contributed by atoms with Crippen molar-refractivity contribution in [2.45, 2.75) is 25.2 Å². The summed E-state index contributed by atoms with van der Waals surface area (Å²) in [7, 11) is 0. The van der Waals surface area contributed by atoms with Gasteiger partial charge in [0.15, 0.2) is 17.3 Å². The fourth-order valence-corrected chi connectivity index (χ4v) is 3.44. The molecule has 3 aromatic rings. The number of rotatable bonds is 5. The molecule has 0 aliphatic carbocycles. The van der Waals surface area contributed by atoms with Crippen molar-refractivity contribution < 1.29 is 18.7 Å². The molecule has 0 saturated carbocycles. The van der Waals surface area contributed by atoms with Crippen LogP contribution < -0.4 is 9.47 Å². The van der Waals surface area contributed by atoms with Gasteiger partial charge in [0.1, 0.15) is 6.61 Å². The minimum atomic E-state index is -0.462. The Morgan fingerprint density at radius 3 is 2.81 bits per heavy atom. The molecule has 0 unspecified atom stereocenters. The van der Waals surface area contributed by atoms with Gasteiger partial charge >= 0.3 is 0 Å². The molecular formula is C20H18N2O4S. The standard InChI is InChI=1S/C20H18N2O4S/c1-12-7-8-13(2)14(9-12)15(23)11-27-20-22-21-19(26-20)18-10-24-16-5-3-4-6-17(16)25-18/h3-9,18H,10-11H2,1-2H3/t18-/m1/s1. The molecule has 2 heterocycles. The van der Waals surface area contributed by atoms with E-state index in [2.05, 4.69) is 10.2 Å². The average molecular weight is 382 g/mol. The zero-order valence-electron chi connectivity index (χ0n) is 15.0. The quantitative estimate of drug-likeness (QED) is 0.484. The molecule has 4 rings (SSSR count). The molecule has 0 radical (unpaired) electrons. The summed E-state index contributed by atoms with van der Waals surface area (Å²) in [6, 6.07) is 13.3. The number of ketones is 1. The SMILES string of the molecule is Cc1ccc(C)c(C(=O)CSc2nnc([C@H]3COc4ccccc4O3)o2)c1. The van der Waals surface area contributed by atoms with E-state index in [9.17, 15) is 4.79 Å². The van der Waals surface area contributed by atoms with Crippen LogP contribution in [-0.4, -0.2) is 28.3 Å². The second-order valence-corrected chi connectivity index (χ2v) is 7.23. The molecule has 0 bridgehead atoms. The van der Waals surface area contributed by atoms with Crippen LogP contribution in [0.5, 0.6) is 11.5 Å². The van der Waals surface area contributed by atoms with Gasteiger partial charge < -0.3 is 13.9 Å². The summed E-state index contributed by atoms with van der Waals surface area (Å²) in [5.41, 5.74) is 2.75. The van der Waals surface area contributed by atoms with Crippen LogP contribution in [0.4, 0.5) is 0 Å². The Labute approximate surface area is 160 Å². The molecule has 27 heavy (non-hydrogen) atoms. The molecule has 7 heteroatoms. The summed E-state index contributed by atoms with van der Waals surface area (Å²) in [5, 5.41) is 8.39. The van der Waals surface area contributed by atoms with E-state index in [1.807, 2.05) is 56.3 Å². The van der Waals surface area contributed by atoms with Gasteiger partial charge in [-0.25, -0.2) is 0 Å². The number of carbonyl (C=O) groups excluding carboxylic acids is 1. The lowest BCUT2D eigenvalue weighted by Crippen LogP contribution is -2.21. The van der Waals surface area contributed by atoms with Crippen molar-refractivity contribution in [3.63, 3.8) is 0 Å². The monoisotopic (exact) mass is 382 g/mol. The van der Waals surface area contributed by atoms with E-state index in [1.165, 1.54) is 11.8 Å². The highest BCUT2D eigenvalue weighted by atomic mass is 32.2. The maximum Gasteiger partial charge on any atom is 0.277 e. The number of aromatic nitrogens is 2. The van der Waals surface area contributed by atoms with Gasteiger partial charge in [-0.3, -0.25) is 4.79 Å². The van der Waals surface area contributed by atoms with Gasteiger partial charge in [-0.05, 0) is 37.6 Å². The molecular weight excluding hydrogens is 364 g/mol. The third-order valence-corrected chi connectivity index (χ3v) is 5.04. The van der Waals surface area contributed by atoms with Gasteiger partial charge in [0.2, 0.25) is 6.10 Å². The van der Waals surface area contributed by atoms with Gasteiger partial charge in [-0.15, -0.1) is 10.2 Å². The molecule has 6 nitrogen and oxygen atoms in total. The Hall–Kier alpha value is -2.80. The van der Waals surface area contributed by atoms with Gasteiger partial charge in [-0.1, -0.05) is 41.6 Å². The number of Topliss-reactive ketones (excluding diaryl/α,β-unsaturated/α-hetero) is 1. The molecule has 0 fully saturated rings. The third-order valence-electron chi connectivity index (χ3n) is 4.23. The molecule has 2 aromatic carbocycles. The lowest BCUT2D eigenvalue weighted by Gasteiger charge is -2.23. The first-order valence-corrected chi connectivity index (χ1v) is 9.54. The van der Waals surface area contributed by atoms with E-state index in [4.69, 9.17) is 13.9 Å². The molecule has 1 aromatic heterocycles. The zero-order valence-corrected chi connectivity index (χ0v) is 15.8. The van der Waals surface area contributed by atoms with Crippen LogP contribution >= 0.6 is 11.8 Å². The topological polar surface area (TPSA) is 74.5 Å². The minimum absolute atomic E-state index is 0.0344. The number of thioether (sulfide) groups is 1. The van der Waals surface area contributed by atoms with Gasteiger partial charge in [0.25, 0.3) is 11.1 Å². The van der Waals surface area contributed by atoms with E-state index in [1.54, 1.807) is 0 Å². The van der Waals surface area contributed by atoms with Crippen molar-refractivity contribution >= 4 is 17.5 Å². The van der Waals surface area contributed by atoms with E-state index in [0.29, 0.717) is 29.2 Å². The fourth-order valence-electron chi connectivity index (χ4n) is 2.79. The maximum atomic E-state index is 12.5. The molecule has 0 saturated heterocycles. The smallest absolute Gasteiger partial charge is 0.277 e. The van der Waals surface area contributed by atoms with E-state index >= 15 is 0 Å². The van der Waals surface area contributed by atoms with Gasteiger partial charge in [0.05, 0.1) is 5.75 Å². The van der Waals surface area contributed by atoms with Crippen molar-refractivity contribution in [2.24, 2.45) is 0 Å². The fraction of sp³-hybridized carbons (Fsp3) is 0.250. The van der Waals surface area contributed by atoms with Crippen molar-refractivity contribution in [3.05, 3.63) is 65.0 Å².